The van der Waals surface area contributed by atoms with Crippen molar-refractivity contribution in [3.8, 4) is 5.75 Å². The predicted octanol–water partition coefficient (Wildman–Crippen LogP) is 4.66. The molecule has 29 heavy (non-hydrogen) atoms. The maximum absolute atomic E-state index is 12.3. The summed E-state index contributed by atoms with van der Waals surface area (Å²) in [5, 5.41) is 5.73. The second-order valence-corrected chi connectivity index (χ2v) is 8.59. The first kappa shape index (κ1) is 22.5. The normalized spacial score (nSPS) is 12.4. The Hall–Kier alpha value is -2.82. The van der Waals surface area contributed by atoms with E-state index in [0.29, 0.717) is 12.3 Å². The molecule has 2 rings (SSSR count). The monoisotopic (exact) mass is 396 g/mol. The fraction of sp³-hybridized carbons (Fsp3) is 0.417. The molecular formula is C24H32N2O3. The number of carbonyl (C=O) groups excluding carboxylic acids is 2. The summed E-state index contributed by atoms with van der Waals surface area (Å²) in [4.78, 5) is 24.1. The van der Waals surface area contributed by atoms with E-state index in [-0.39, 0.29) is 23.1 Å². The molecule has 0 spiro atoms. The lowest BCUT2D eigenvalue weighted by Gasteiger charge is -2.20. The summed E-state index contributed by atoms with van der Waals surface area (Å²) in [5.41, 5.74) is 2.99. The van der Waals surface area contributed by atoms with Gasteiger partial charge in [-0.1, -0.05) is 58.9 Å². The van der Waals surface area contributed by atoms with Gasteiger partial charge < -0.3 is 15.4 Å². The molecule has 5 nitrogen and oxygen atoms in total. The number of nitrogens with one attached hydrogen (secondary N) is 2. The van der Waals surface area contributed by atoms with Crippen LogP contribution in [0.3, 0.4) is 0 Å². The molecule has 0 radical (unpaired) electrons. The van der Waals surface area contributed by atoms with Gasteiger partial charge in [0.25, 0.3) is 5.91 Å². The Morgan fingerprint density at radius 2 is 1.48 bits per heavy atom. The van der Waals surface area contributed by atoms with Crippen molar-refractivity contribution in [2.45, 2.75) is 59.6 Å². The molecule has 0 heterocycles. The van der Waals surface area contributed by atoms with Gasteiger partial charge in [-0.2, -0.15) is 0 Å². The fourth-order valence-corrected chi connectivity index (χ4v) is 2.62. The SMILES string of the molecule is CC(C)C(=O)Nc1ccc(CNC(=O)C(C)Oc2ccc(C(C)(C)C)cc2)cc1. The van der Waals surface area contributed by atoms with Gasteiger partial charge in [0.2, 0.25) is 5.91 Å². The second kappa shape index (κ2) is 9.59. The summed E-state index contributed by atoms with van der Waals surface area (Å²) in [5.74, 6) is 0.403. The van der Waals surface area contributed by atoms with Crippen molar-refractivity contribution in [1.29, 1.82) is 0 Å². The van der Waals surface area contributed by atoms with E-state index in [0.717, 1.165) is 11.3 Å². The highest BCUT2D eigenvalue weighted by molar-refractivity contribution is 5.92. The van der Waals surface area contributed by atoms with E-state index in [1.165, 1.54) is 5.56 Å². The van der Waals surface area contributed by atoms with E-state index in [2.05, 4.69) is 31.4 Å². The van der Waals surface area contributed by atoms with Gasteiger partial charge in [-0.25, -0.2) is 0 Å². The van der Waals surface area contributed by atoms with Crippen LogP contribution in [0.2, 0.25) is 0 Å². The Morgan fingerprint density at radius 3 is 2.00 bits per heavy atom. The van der Waals surface area contributed by atoms with Crippen molar-refractivity contribution >= 4 is 17.5 Å². The van der Waals surface area contributed by atoms with Gasteiger partial charge in [0.15, 0.2) is 6.10 Å². The average molecular weight is 397 g/mol. The first-order valence-electron chi connectivity index (χ1n) is 10.0. The molecule has 2 aromatic rings. The van der Waals surface area contributed by atoms with Crippen LogP contribution in [0, 0.1) is 5.92 Å². The highest BCUT2D eigenvalue weighted by Gasteiger charge is 2.16. The first-order valence-corrected chi connectivity index (χ1v) is 10.0. The number of amides is 2. The largest absolute Gasteiger partial charge is 0.481 e. The van der Waals surface area contributed by atoms with Crippen LogP contribution >= 0.6 is 0 Å². The minimum absolute atomic E-state index is 0.0208. The Bertz CT molecular complexity index is 819. The number of rotatable bonds is 7. The molecule has 2 aromatic carbocycles. The van der Waals surface area contributed by atoms with Gasteiger partial charge in [0.05, 0.1) is 0 Å². The zero-order chi connectivity index (χ0) is 21.6. The summed E-state index contributed by atoms with van der Waals surface area (Å²) >= 11 is 0. The molecule has 156 valence electrons. The van der Waals surface area contributed by atoms with Crippen LogP contribution in [0.5, 0.6) is 5.75 Å². The second-order valence-electron chi connectivity index (χ2n) is 8.59. The number of ether oxygens (including phenoxy) is 1. The number of hydrogen-bond donors (Lipinski definition) is 2. The van der Waals surface area contributed by atoms with Crippen LogP contribution in [0.15, 0.2) is 48.5 Å². The number of benzene rings is 2. The van der Waals surface area contributed by atoms with E-state index in [1.54, 1.807) is 6.92 Å². The topological polar surface area (TPSA) is 67.4 Å². The number of anilines is 1. The summed E-state index contributed by atoms with van der Waals surface area (Å²) in [6.07, 6.45) is -0.597. The van der Waals surface area contributed by atoms with Crippen molar-refractivity contribution < 1.29 is 14.3 Å². The van der Waals surface area contributed by atoms with Crippen molar-refractivity contribution in [2.75, 3.05) is 5.32 Å². The molecule has 0 fully saturated rings. The van der Waals surface area contributed by atoms with Crippen LogP contribution in [-0.2, 0) is 21.5 Å². The molecule has 0 saturated heterocycles. The standard InChI is InChI=1S/C24H32N2O3/c1-16(2)22(27)26-20-11-7-18(8-12-20)15-25-23(28)17(3)29-21-13-9-19(10-14-21)24(4,5)6/h7-14,16-17H,15H2,1-6H3,(H,25,28)(H,26,27). The van der Waals surface area contributed by atoms with E-state index in [4.69, 9.17) is 4.74 Å². The molecule has 2 amide bonds. The summed E-state index contributed by atoms with van der Waals surface area (Å²) in [6, 6.07) is 15.3. The Balaban J connectivity index is 1.84. The minimum atomic E-state index is -0.597. The quantitative estimate of drug-likeness (QED) is 0.715. The van der Waals surface area contributed by atoms with E-state index in [9.17, 15) is 9.59 Å². The average Bonchev–Trinajstić information content (AvgIpc) is 2.66. The Kier molecular flexibility index (Phi) is 7.43. The van der Waals surface area contributed by atoms with Crippen molar-refractivity contribution in [1.82, 2.24) is 5.32 Å². The lowest BCUT2D eigenvalue weighted by atomic mass is 9.87. The fourth-order valence-electron chi connectivity index (χ4n) is 2.62. The van der Waals surface area contributed by atoms with Crippen LogP contribution in [0.25, 0.3) is 0 Å². The maximum atomic E-state index is 12.3. The number of hydrogen-bond acceptors (Lipinski definition) is 3. The van der Waals surface area contributed by atoms with E-state index < -0.39 is 6.10 Å². The third-order valence-corrected chi connectivity index (χ3v) is 4.62. The van der Waals surface area contributed by atoms with Crippen molar-refractivity contribution in [3.63, 3.8) is 0 Å². The third-order valence-electron chi connectivity index (χ3n) is 4.62. The molecule has 0 aliphatic heterocycles. The summed E-state index contributed by atoms with van der Waals surface area (Å²) in [6.45, 7) is 12.3. The van der Waals surface area contributed by atoms with Gasteiger partial charge in [-0.15, -0.1) is 0 Å². The molecule has 5 heteroatoms. The molecule has 0 aliphatic carbocycles. The molecular weight excluding hydrogens is 364 g/mol. The Labute approximate surface area is 173 Å². The zero-order valence-corrected chi connectivity index (χ0v) is 18.2. The Morgan fingerprint density at radius 1 is 0.897 bits per heavy atom. The van der Waals surface area contributed by atoms with E-state index in [1.807, 2.05) is 62.4 Å². The minimum Gasteiger partial charge on any atom is -0.481 e. The van der Waals surface area contributed by atoms with E-state index >= 15 is 0 Å². The highest BCUT2D eigenvalue weighted by atomic mass is 16.5. The predicted molar refractivity (Wildman–Crippen MR) is 117 cm³/mol. The molecule has 1 atom stereocenters. The number of carbonyl (C=O) groups is 2. The van der Waals surface area contributed by atoms with Gasteiger partial charge in [0.1, 0.15) is 5.75 Å². The molecule has 1 unspecified atom stereocenters. The van der Waals surface area contributed by atoms with Crippen LogP contribution < -0.4 is 15.4 Å². The molecule has 0 aromatic heterocycles. The van der Waals surface area contributed by atoms with Crippen LogP contribution in [-0.4, -0.2) is 17.9 Å². The third kappa shape index (κ3) is 6.93. The maximum Gasteiger partial charge on any atom is 0.261 e. The van der Waals surface area contributed by atoms with Crippen molar-refractivity contribution in [3.05, 3.63) is 59.7 Å². The van der Waals surface area contributed by atoms with Gasteiger partial charge in [0, 0.05) is 18.2 Å². The van der Waals surface area contributed by atoms with Gasteiger partial charge in [-0.3, -0.25) is 9.59 Å². The molecule has 0 aliphatic rings. The molecule has 2 N–H and O–H groups in total. The summed E-state index contributed by atoms with van der Waals surface area (Å²) in [7, 11) is 0. The lowest BCUT2D eigenvalue weighted by Crippen LogP contribution is -2.35. The van der Waals surface area contributed by atoms with Gasteiger partial charge in [-0.05, 0) is 47.7 Å². The lowest BCUT2D eigenvalue weighted by molar-refractivity contribution is -0.127. The van der Waals surface area contributed by atoms with Gasteiger partial charge >= 0.3 is 0 Å². The smallest absolute Gasteiger partial charge is 0.261 e. The molecule has 0 bridgehead atoms. The highest BCUT2D eigenvalue weighted by Crippen LogP contribution is 2.24. The first-order chi connectivity index (χ1) is 13.6. The summed E-state index contributed by atoms with van der Waals surface area (Å²) < 4.78 is 5.76. The van der Waals surface area contributed by atoms with Crippen LogP contribution in [0.1, 0.15) is 52.7 Å². The van der Waals surface area contributed by atoms with Crippen molar-refractivity contribution in [2.24, 2.45) is 5.92 Å². The molecule has 0 saturated carbocycles. The zero-order valence-electron chi connectivity index (χ0n) is 18.2. The van der Waals surface area contributed by atoms with Crippen LogP contribution in [0.4, 0.5) is 5.69 Å².